The molecule has 0 spiro atoms. The Labute approximate surface area is 144 Å². The fraction of sp³-hybridized carbons (Fsp3) is 0.250. The minimum absolute atomic E-state index is 0.132. The molecule has 0 unspecified atom stereocenters. The zero-order valence-electron chi connectivity index (χ0n) is 13.7. The highest BCUT2D eigenvalue weighted by molar-refractivity contribution is 5.98. The number of carbonyl (C=O) groups excluding carboxylic acids is 2. The van der Waals surface area contributed by atoms with Crippen molar-refractivity contribution in [2.45, 2.75) is 12.5 Å². The highest BCUT2D eigenvalue weighted by Gasteiger charge is 2.14. The molecule has 0 radical (unpaired) electrons. The van der Waals surface area contributed by atoms with Gasteiger partial charge in [0, 0.05) is 37.0 Å². The molecule has 1 atom stereocenters. The lowest BCUT2D eigenvalue weighted by Crippen LogP contribution is -2.30. The fourth-order valence-electron chi connectivity index (χ4n) is 2.08. The van der Waals surface area contributed by atoms with E-state index in [9.17, 15) is 9.59 Å². The van der Waals surface area contributed by atoms with Crippen LogP contribution in [0.15, 0.2) is 30.5 Å². The number of aromatic nitrogens is 2. The minimum atomic E-state index is -0.666. The van der Waals surface area contributed by atoms with Crippen molar-refractivity contribution in [3.8, 4) is 5.75 Å². The first-order valence-electron chi connectivity index (χ1n) is 7.55. The van der Waals surface area contributed by atoms with Crippen LogP contribution in [-0.4, -0.2) is 41.9 Å². The second-order valence-corrected chi connectivity index (χ2v) is 5.16. The number of nitrogens with one attached hydrogen (secondary N) is 2. The summed E-state index contributed by atoms with van der Waals surface area (Å²) < 4.78 is 5.16. The number of nitrogens with two attached hydrogens (primary N) is 2. The third-order valence-electron chi connectivity index (χ3n) is 3.39. The van der Waals surface area contributed by atoms with Gasteiger partial charge in [-0.3, -0.25) is 4.79 Å². The summed E-state index contributed by atoms with van der Waals surface area (Å²) >= 11 is 0. The van der Waals surface area contributed by atoms with Gasteiger partial charge in [-0.1, -0.05) is 6.07 Å². The SMILES string of the molecule is COc1cccc(Nc2nc(N[C@@H](CN)CC=O)ncc2C(N)=O)c1. The molecule has 0 saturated heterocycles. The number of primary amides is 1. The normalized spacial score (nSPS) is 11.4. The molecule has 6 N–H and O–H groups in total. The monoisotopic (exact) mass is 344 g/mol. The van der Waals surface area contributed by atoms with E-state index in [1.54, 1.807) is 31.4 Å². The topological polar surface area (TPSA) is 145 Å². The van der Waals surface area contributed by atoms with E-state index >= 15 is 0 Å². The summed E-state index contributed by atoms with van der Waals surface area (Å²) in [5, 5.41) is 5.97. The van der Waals surface area contributed by atoms with Crippen molar-refractivity contribution in [3.05, 3.63) is 36.0 Å². The molecule has 132 valence electrons. The largest absolute Gasteiger partial charge is 0.497 e. The number of aldehydes is 1. The summed E-state index contributed by atoms with van der Waals surface area (Å²) in [6.45, 7) is 0.234. The Kier molecular flexibility index (Phi) is 6.24. The van der Waals surface area contributed by atoms with E-state index < -0.39 is 5.91 Å². The summed E-state index contributed by atoms with van der Waals surface area (Å²) in [5.41, 5.74) is 11.8. The molecular weight excluding hydrogens is 324 g/mol. The molecule has 0 saturated carbocycles. The van der Waals surface area contributed by atoms with Crippen LogP contribution < -0.4 is 26.8 Å². The van der Waals surface area contributed by atoms with Gasteiger partial charge in [-0.2, -0.15) is 4.98 Å². The molecule has 1 amide bonds. The number of amides is 1. The maximum atomic E-state index is 11.6. The van der Waals surface area contributed by atoms with Gasteiger partial charge in [-0.25, -0.2) is 4.98 Å². The maximum absolute atomic E-state index is 11.6. The van der Waals surface area contributed by atoms with E-state index in [4.69, 9.17) is 16.2 Å². The molecular formula is C16H20N6O3. The zero-order chi connectivity index (χ0) is 18.2. The number of hydrogen-bond donors (Lipinski definition) is 4. The van der Waals surface area contributed by atoms with Crippen molar-refractivity contribution in [2.75, 3.05) is 24.3 Å². The Bertz CT molecular complexity index is 752. The van der Waals surface area contributed by atoms with Gasteiger partial charge in [-0.15, -0.1) is 0 Å². The molecule has 0 bridgehead atoms. The molecule has 0 aliphatic rings. The van der Waals surface area contributed by atoms with Crippen molar-refractivity contribution in [1.29, 1.82) is 0 Å². The Balaban J connectivity index is 2.31. The molecule has 0 aliphatic heterocycles. The molecule has 0 fully saturated rings. The van der Waals surface area contributed by atoms with Gasteiger partial charge in [0.1, 0.15) is 23.4 Å². The van der Waals surface area contributed by atoms with Crippen LogP contribution in [0.5, 0.6) is 5.75 Å². The lowest BCUT2D eigenvalue weighted by Gasteiger charge is -2.16. The van der Waals surface area contributed by atoms with Crippen LogP contribution in [0.3, 0.4) is 0 Å². The summed E-state index contributed by atoms with van der Waals surface area (Å²) in [4.78, 5) is 30.6. The van der Waals surface area contributed by atoms with Crippen molar-refractivity contribution in [2.24, 2.45) is 11.5 Å². The van der Waals surface area contributed by atoms with E-state index in [2.05, 4.69) is 20.6 Å². The lowest BCUT2D eigenvalue weighted by molar-refractivity contribution is -0.108. The average Bonchev–Trinajstić information content (AvgIpc) is 2.61. The van der Waals surface area contributed by atoms with Crippen molar-refractivity contribution in [1.82, 2.24) is 9.97 Å². The van der Waals surface area contributed by atoms with Gasteiger partial charge in [0.25, 0.3) is 5.91 Å². The lowest BCUT2D eigenvalue weighted by atomic mass is 10.2. The summed E-state index contributed by atoms with van der Waals surface area (Å²) in [5.74, 6) is 0.445. The van der Waals surface area contributed by atoms with Gasteiger partial charge in [-0.05, 0) is 12.1 Å². The van der Waals surface area contributed by atoms with E-state index in [-0.39, 0.29) is 36.3 Å². The average molecular weight is 344 g/mol. The molecule has 9 heteroatoms. The van der Waals surface area contributed by atoms with Gasteiger partial charge >= 0.3 is 0 Å². The van der Waals surface area contributed by atoms with Crippen LogP contribution >= 0.6 is 0 Å². The molecule has 0 aliphatic carbocycles. The highest BCUT2D eigenvalue weighted by atomic mass is 16.5. The van der Waals surface area contributed by atoms with Crippen molar-refractivity contribution in [3.63, 3.8) is 0 Å². The maximum Gasteiger partial charge on any atom is 0.254 e. The zero-order valence-corrected chi connectivity index (χ0v) is 13.7. The van der Waals surface area contributed by atoms with Crippen molar-refractivity contribution < 1.29 is 14.3 Å². The number of benzene rings is 1. The second-order valence-electron chi connectivity index (χ2n) is 5.16. The van der Waals surface area contributed by atoms with Crippen LogP contribution in [0.4, 0.5) is 17.5 Å². The number of rotatable bonds is 9. The van der Waals surface area contributed by atoms with E-state index in [0.29, 0.717) is 11.4 Å². The quantitative estimate of drug-likeness (QED) is 0.485. The molecule has 1 aromatic heterocycles. The van der Waals surface area contributed by atoms with Crippen LogP contribution in [0.2, 0.25) is 0 Å². The Morgan fingerprint density at radius 3 is 2.88 bits per heavy atom. The number of anilines is 3. The molecule has 1 aromatic carbocycles. The Hall–Kier alpha value is -3.20. The molecule has 1 heterocycles. The smallest absolute Gasteiger partial charge is 0.254 e. The molecule has 2 aromatic rings. The summed E-state index contributed by atoms with van der Waals surface area (Å²) in [6.07, 6.45) is 2.29. The second kappa shape index (κ2) is 8.60. The first-order valence-corrected chi connectivity index (χ1v) is 7.55. The predicted molar refractivity (Wildman–Crippen MR) is 94.0 cm³/mol. The minimum Gasteiger partial charge on any atom is -0.497 e. The van der Waals surface area contributed by atoms with Crippen LogP contribution in [0, 0.1) is 0 Å². The number of ether oxygens (including phenoxy) is 1. The standard InChI is InChI=1S/C16H20N6O3/c1-25-12-4-2-3-10(7-12)20-15-13(14(18)24)9-19-16(22-15)21-11(8-17)5-6-23/h2-4,6-7,9,11H,5,8,17H2,1H3,(H2,18,24)(H2,19,20,21,22)/t11-/m1/s1. The molecule has 9 nitrogen and oxygen atoms in total. The number of nitrogens with zero attached hydrogens (tertiary/aromatic N) is 2. The van der Waals surface area contributed by atoms with Crippen molar-refractivity contribution >= 4 is 29.6 Å². The third kappa shape index (κ3) is 4.88. The van der Waals surface area contributed by atoms with Crippen LogP contribution in [0.25, 0.3) is 0 Å². The van der Waals surface area contributed by atoms with Gasteiger partial charge in [0.15, 0.2) is 0 Å². The summed E-state index contributed by atoms with van der Waals surface area (Å²) in [7, 11) is 1.56. The fourth-order valence-corrected chi connectivity index (χ4v) is 2.08. The number of hydrogen-bond acceptors (Lipinski definition) is 8. The third-order valence-corrected chi connectivity index (χ3v) is 3.39. The van der Waals surface area contributed by atoms with E-state index in [1.807, 2.05) is 0 Å². The number of methoxy groups -OCH3 is 1. The first-order chi connectivity index (χ1) is 12.1. The number of carbonyl (C=O) groups is 2. The van der Waals surface area contributed by atoms with E-state index in [1.165, 1.54) is 6.20 Å². The van der Waals surface area contributed by atoms with Crippen LogP contribution in [-0.2, 0) is 4.79 Å². The Morgan fingerprint density at radius 2 is 2.24 bits per heavy atom. The summed E-state index contributed by atoms with van der Waals surface area (Å²) in [6, 6.07) is 6.81. The van der Waals surface area contributed by atoms with Gasteiger partial charge < -0.3 is 31.6 Å². The predicted octanol–water partition coefficient (Wildman–Crippen LogP) is 0.656. The first kappa shape index (κ1) is 18.1. The Morgan fingerprint density at radius 1 is 1.44 bits per heavy atom. The molecule has 25 heavy (non-hydrogen) atoms. The van der Waals surface area contributed by atoms with E-state index in [0.717, 1.165) is 6.29 Å². The van der Waals surface area contributed by atoms with Gasteiger partial charge in [0.2, 0.25) is 5.95 Å². The van der Waals surface area contributed by atoms with Crippen LogP contribution in [0.1, 0.15) is 16.8 Å². The van der Waals surface area contributed by atoms with Gasteiger partial charge in [0.05, 0.1) is 7.11 Å². The molecule has 2 rings (SSSR count). The highest BCUT2D eigenvalue weighted by Crippen LogP contribution is 2.23.